The number of fused-ring (bicyclic) bond motifs is 15. The lowest BCUT2D eigenvalue weighted by Gasteiger charge is -2.48. The van der Waals surface area contributed by atoms with Crippen LogP contribution in [0.3, 0.4) is 0 Å². The molecule has 0 aromatic rings. The van der Waals surface area contributed by atoms with Crippen LogP contribution in [0.1, 0.15) is 74.7 Å². The zero-order chi connectivity index (χ0) is 34.7. The van der Waals surface area contributed by atoms with Gasteiger partial charge in [-0.05, 0) is 80.9 Å². The van der Waals surface area contributed by atoms with E-state index < -0.39 is 71.5 Å². The summed E-state index contributed by atoms with van der Waals surface area (Å²) in [6, 6.07) is -1.34. The number of nitrogens with zero attached hydrogens (tertiary/aromatic N) is 3. The number of likely N-dealkylation sites (N-methyl/N-ethyl adjacent to an activating group) is 1. The Morgan fingerprint density at radius 3 is 2.35 bits per heavy atom. The fourth-order valence-corrected chi connectivity index (χ4v) is 7.54. The molecule has 0 aliphatic carbocycles. The molecule has 13 nitrogen and oxygen atoms in total. The molecule has 1 unspecified atom stereocenters. The minimum absolute atomic E-state index is 0.137. The number of aliphatic hydroxyl groups excluding tert-OH is 1. The van der Waals surface area contributed by atoms with Crippen LogP contribution in [0.2, 0.25) is 0 Å². The molecule has 4 heterocycles. The van der Waals surface area contributed by atoms with Gasteiger partial charge in [0.15, 0.2) is 12.1 Å². The Labute approximate surface area is 274 Å². The summed E-state index contributed by atoms with van der Waals surface area (Å²) >= 11 is 0. The molecule has 4 aliphatic rings. The highest BCUT2D eigenvalue weighted by atomic mass is 16.7. The molecule has 0 amide bonds. The van der Waals surface area contributed by atoms with E-state index in [1.54, 1.807) is 20.8 Å². The molecule has 2 bridgehead atoms. The standard InChI is InChI=1S/C33H59N3O10/c1-12-25-33(8,40)28-18(2)15-36(11)19(3)14-32(7,43-17-23(34-41)16-42-28)29(21(5)26(37)22(6)30(39)45-25)46-31-27(38)24(35(9)10)13-20(4)44-31/h18-25,27-29,31,38,40H,12-17H2,1-11H3/t18-,19+,20+,21-,22+,23?,24-,25+,27+,28+,29+,31-,32+,33+/m0/s1. The molecule has 4 fully saturated rings. The Morgan fingerprint density at radius 2 is 1.76 bits per heavy atom. The molecule has 2 N–H and O–H groups in total. The van der Waals surface area contributed by atoms with E-state index >= 15 is 0 Å². The van der Waals surface area contributed by atoms with Crippen molar-refractivity contribution in [3.05, 3.63) is 4.91 Å². The lowest BCUT2D eigenvalue weighted by atomic mass is 9.79. The normalized spacial score (nSPS) is 46.0. The predicted molar refractivity (Wildman–Crippen MR) is 171 cm³/mol. The second-order valence-electron chi connectivity index (χ2n) is 14.7. The number of carbonyl (C=O) groups excluding carboxylic acids is 2. The second kappa shape index (κ2) is 15.8. The number of nitroso groups, excluding NO2 is 1. The third-order valence-corrected chi connectivity index (χ3v) is 10.5. The van der Waals surface area contributed by atoms with E-state index in [0.29, 0.717) is 19.4 Å². The average molecular weight is 658 g/mol. The number of ketones is 1. The lowest BCUT2D eigenvalue weighted by molar-refractivity contribution is -0.298. The Kier molecular flexibility index (Phi) is 13.3. The van der Waals surface area contributed by atoms with Crippen molar-refractivity contribution < 1.29 is 43.5 Å². The summed E-state index contributed by atoms with van der Waals surface area (Å²) in [5, 5.41) is 26.6. The number of Topliss-reactive ketones (excluding diaryl/α,β-unsaturated/α-hetero) is 1. The molecule has 4 aliphatic heterocycles. The topological polar surface area (TPSA) is 157 Å². The molecular weight excluding hydrogens is 598 g/mol. The van der Waals surface area contributed by atoms with E-state index in [-0.39, 0.29) is 43.7 Å². The molecule has 4 rings (SSSR count). The van der Waals surface area contributed by atoms with Gasteiger partial charge in [-0.3, -0.25) is 9.59 Å². The maximum atomic E-state index is 14.2. The lowest BCUT2D eigenvalue weighted by Crippen LogP contribution is -2.60. The first-order valence-corrected chi connectivity index (χ1v) is 16.8. The molecule has 0 aromatic carbocycles. The number of hydrogen-bond acceptors (Lipinski definition) is 13. The smallest absolute Gasteiger partial charge is 0.316 e. The van der Waals surface area contributed by atoms with Crippen molar-refractivity contribution in [2.24, 2.45) is 22.9 Å². The van der Waals surface area contributed by atoms with Crippen molar-refractivity contribution in [3.63, 3.8) is 0 Å². The largest absolute Gasteiger partial charge is 0.459 e. The summed E-state index contributed by atoms with van der Waals surface area (Å²) in [6.07, 6.45) is -4.02. The highest BCUT2D eigenvalue weighted by Crippen LogP contribution is 2.38. The van der Waals surface area contributed by atoms with Crippen LogP contribution in [0.15, 0.2) is 5.18 Å². The van der Waals surface area contributed by atoms with E-state index in [2.05, 4.69) is 10.1 Å². The molecule has 0 aromatic heterocycles. The van der Waals surface area contributed by atoms with Crippen LogP contribution < -0.4 is 0 Å². The van der Waals surface area contributed by atoms with E-state index in [0.717, 1.165) is 0 Å². The average Bonchev–Trinajstić information content (AvgIpc) is 2.98. The number of esters is 1. The third-order valence-electron chi connectivity index (χ3n) is 10.5. The number of aliphatic hydroxyl groups is 2. The summed E-state index contributed by atoms with van der Waals surface area (Å²) in [4.78, 5) is 43.9. The van der Waals surface area contributed by atoms with Crippen molar-refractivity contribution in [1.29, 1.82) is 0 Å². The molecule has 13 heteroatoms. The van der Waals surface area contributed by atoms with Crippen LogP contribution in [0, 0.1) is 22.7 Å². The Balaban J connectivity index is 2.21. The molecule has 46 heavy (non-hydrogen) atoms. The number of rotatable bonds is 5. The molecule has 0 spiro atoms. The molecule has 0 radical (unpaired) electrons. The van der Waals surface area contributed by atoms with Gasteiger partial charge in [0.1, 0.15) is 29.8 Å². The number of hydrogen-bond donors (Lipinski definition) is 2. The molecule has 266 valence electrons. The molecule has 14 atom stereocenters. The van der Waals surface area contributed by atoms with Crippen molar-refractivity contribution in [1.82, 2.24) is 9.80 Å². The minimum atomic E-state index is -1.66. The highest BCUT2D eigenvalue weighted by Gasteiger charge is 2.52. The fraction of sp³-hybridized carbons (Fsp3) is 0.939. The van der Waals surface area contributed by atoms with E-state index in [9.17, 15) is 24.7 Å². The van der Waals surface area contributed by atoms with Crippen molar-refractivity contribution in [2.45, 2.75) is 141 Å². The van der Waals surface area contributed by atoms with Gasteiger partial charge in [-0.2, -0.15) is 4.91 Å². The van der Waals surface area contributed by atoms with Gasteiger partial charge in [0, 0.05) is 24.5 Å². The first-order valence-electron chi connectivity index (χ1n) is 16.8. The van der Waals surface area contributed by atoms with Gasteiger partial charge in [-0.1, -0.05) is 25.9 Å². The van der Waals surface area contributed by atoms with Crippen LogP contribution >= 0.6 is 0 Å². The maximum Gasteiger partial charge on any atom is 0.316 e. The third kappa shape index (κ3) is 8.52. The van der Waals surface area contributed by atoms with Crippen LogP contribution in [0.25, 0.3) is 0 Å². The zero-order valence-corrected chi connectivity index (χ0v) is 29.7. The SMILES string of the molecule is CC[C@H]1OC(=O)[C@H](C)C(=O)[C@H](C)[C@@H](O[C@@H]2O[C@H](C)C[C@H](N(C)C)[C@H]2O)[C@@]2(C)C[C@@H](C)N(C)C[C@H](C)[C@@H](OCC(N=O)CO2)[C@]1(C)O. The maximum absolute atomic E-state index is 14.2. The quantitative estimate of drug-likeness (QED) is 0.253. The first kappa shape index (κ1) is 38.9. The fourth-order valence-electron chi connectivity index (χ4n) is 7.54. The van der Waals surface area contributed by atoms with Gasteiger partial charge in [0.2, 0.25) is 0 Å². The molecular formula is C33H59N3O10. The number of ether oxygens (including phenoxy) is 5. The first-order chi connectivity index (χ1) is 21.4. The van der Waals surface area contributed by atoms with E-state index in [1.807, 2.05) is 53.7 Å². The zero-order valence-electron chi connectivity index (χ0n) is 29.7. The van der Waals surface area contributed by atoms with Gasteiger partial charge in [0.25, 0.3) is 0 Å². The van der Waals surface area contributed by atoms with Crippen LogP contribution in [0.5, 0.6) is 0 Å². The summed E-state index contributed by atoms with van der Waals surface area (Å²) in [5.41, 5.74) is -2.87. The molecule has 0 saturated carbocycles. The van der Waals surface area contributed by atoms with Crippen molar-refractivity contribution in [3.8, 4) is 0 Å². The van der Waals surface area contributed by atoms with E-state index in [1.165, 1.54) is 6.92 Å². The predicted octanol–water partition coefficient (Wildman–Crippen LogP) is 2.38. The second-order valence-corrected chi connectivity index (χ2v) is 14.7. The van der Waals surface area contributed by atoms with Crippen molar-refractivity contribution in [2.75, 3.05) is 40.9 Å². The Morgan fingerprint density at radius 1 is 1.11 bits per heavy atom. The summed E-state index contributed by atoms with van der Waals surface area (Å²) in [6.45, 7) is 14.4. The Hall–Kier alpha value is -1.58. The van der Waals surface area contributed by atoms with Gasteiger partial charge < -0.3 is 43.7 Å². The van der Waals surface area contributed by atoms with Crippen LogP contribution in [0.4, 0.5) is 0 Å². The van der Waals surface area contributed by atoms with E-state index in [4.69, 9.17) is 23.7 Å². The van der Waals surface area contributed by atoms with Crippen LogP contribution in [-0.4, -0.2) is 139 Å². The van der Waals surface area contributed by atoms with Gasteiger partial charge in [-0.15, -0.1) is 0 Å². The highest BCUT2D eigenvalue weighted by molar-refractivity contribution is 6.00. The van der Waals surface area contributed by atoms with Gasteiger partial charge in [-0.25, -0.2) is 0 Å². The summed E-state index contributed by atoms with van der Waals surface area (Å²) in [5.74, 6) is -3.61. The summed E-state index contributed by atoms with van der Waals surface area (Å²) in [7, 11) is 5.72. The summed E-state index contributed by atoms with van der Waals surface area (Å²) < 4.78 is 31.5. The Bertz CT molecular complexity index is 1050. The monoisotopic (exact) mass is 657 g/mol. The van der Waals surface area contributed by atoms with Crippen LogP contribution in [-0.2, 0) is 33.3 Å². The molecule has 4 saturated heterocycles. The van der Waals surface area contributed by atoms with Gasteiger partial charge in [0.05, 0.1) is 37.1 Å². The van der Waals surface area contributed by atoms with Crippen molar-refractivity contribution >= 4 is 11.8 Å². The van der Waals surface area contributed by atoms with Gasteiger partial charge >= 0.3 is 5.97 Å². The number of carbonyl (C=O) groups is 2. The minimum Gasteiger partial charge on any atom is -0.459 e.